The predicted molar refractivity (Wildman–Crippen MR) is 275 cm³/mol. The Labute approximate surface area is 423 Å². The van der Waals surface area contributed by atoms with Crippen LogP contribution in [0.15, 0.2) is 72.9 Å². The fraction of sp³-hybridized carbons (Fsp3) is 0.537. The van der Waals surface area contributed by atoms with E-state index < -0.39 is 56.1 Å². The standard InChI is InChI=1S/C54H71ClN2O11SSi/c1-12-17-39-50(67-52(63)64-33-37-22-25-43(40(55)30-37)66-48(60)20-14-13-15-29-57-46(58)27-28-47(57)59)35(3)19-16-18-34(2)21-24-42(38-23-26-44-41(31-38)56-36(4)69-44)65-49(61)32-45(54(8,9)51(39)62)68-70(10,11)53(5,6)7/h12,21-23,25-28,30-31,35,39,42,45,50H,1,13-20,24,29,32-33H2,2-11H3/b34-21+/t35-,39+,42-,45-,50-/m0/s1. The third-order valence-corrected chi connectivity index (χ3v) is 19.5. The van der Waals surface area contributed by atoms with E-state index in [0.29, 0.717) is 37.7 Å². The van der Waals surface area contributed by atoms with Gasteiger partial charge in [0, 0.05) is 37.0 Å². The SMILES string of the molecule is C=CC[C@H]1C(=O)C(C)(C)[C@@H](O[Si](C)(C)C(C)(C)C)CC(=O)O[C@H](c2ccc3sc(C)nc3c2)C/C=C(\C)CCC[C@H](C)[C@@H]1OC(=O)OCc1ccc(OC(=O)CCCCCN2C(=O)C=CC2=O)c(Cl)c1. The molecule has 0 bridgehead atoms. The summed E-state index contributed by atoms with van der Waals surface area (Å²) in [6.07, 6.45) is 7.21. The Morgan fingerprint density at radius 3 is 2.41 bits per heavy atom. The Morgan fingerprint density at radius 1 is 1.03 bits per heavy atom. The van der Waals surface area contributed by atoms with Crippen LogP contribution >= 0.6 is 22.9 Å². The number of aryl methyl sites for hydroxylation is 1. The van der Waals surface area contributed by atoms with Gasteiger partial charge in [0.25, 0.3) is 11.8 Å². The van der Waals surface area contributed by atoms with E-state index in [1.54, 1.807) is 37.3 Å². The van der Waals surface area contributed by atoms with Crippen LogP contribution in [-0.4, -0.2) is 72.6 Å². The Kier molecular flexibility index (Phi) is 19.5. The van der Waals surface area contributed by atoms with Gasteiger partial charge in [0.2, 0.25) is 0 Å². The number of unbranched alkanes of at least 4 members (excludes halogenated alkanes) is 2. The average Bonchev–Trinajstić information content (AvgIpc) is 3.82. The Balaban J connectivity index is 1.32. The number of cyclic esters (lactones) is 1. The highest BCUT2D eigenvalue weighted by atomic mass is 35.5. The van der Waals surface area contributed by atoms with Crippen molar-refractivity contribution >= 4 is 77.2 Å². The van der Waals surface area contributed by atoms with Gasteiger partial charge in [-0.05, 0) is 112 Å². The largest absolute Gasteiger partial charge is 0.508 e. The van der Waals surface area contributed by atoms with Gasteiger partial charge in [-0.25, -0.2) is 9.78 Å². The average molecular weight is 1020 g/mol. The van der Waals surface area contributed by atoms with Gasteiger partial charge in [-0.3, -0.25) is 28.9 Å². The van der Waals surface area contributed by atoms with Crippen molar-refractivity contribution in [1.29, 1.82) is 0 Å². The highest BCUT2D eigenvalue weighted by molar-refractivity contribution is 7.18. The van der Waals surface area contributed by atoms with Gasteiger partial charge in [0.15, 0.2) is 8.32 Å². The molecule has 13 nitrogen and oxygen atoms in total. The molecule has 3 heterocycles. The first-order valence-electron chi connectivity index (χ1n) is 24.3. The second kappa shape index (κ2) is 24.4. The van der Waals surface area contributed by atoms with Gasteiger partial charge in [0.05, 0.1) is 38.7 Å². The number of esters is 2. The van der Waals surface area contributed by atoms with Gasteiger partial charge >= 0.3 is 18.1 Å². The molecule has 5 atom stereocenters. The Hall–Kier alpha value is -4.96. The van der Waals surface area contributed by atoms with E-state index in [9.17, 15) is 24.0 Å². The quantitative estimate of drug-likeness (QED) is 0.0354. The minimum atomic E-state index is -2.61. The molecule has 3 aromatic rings. The number of Topliss-reactive ketones (excluding diaryl/α,β-unsaturated/α-hetero) is 1. The second-order valence-electron chi connectivity index (χ2n) is 20.7. The minimum absolute atomic E-state index is 0.110. The first-order chi connectivity index (χ1) is 32.9. The zero-order valence-electron chi connectivity index (χ0n) is 42.5. The molecule has 0 spiro atoms. The van der Waals surface area contributed by atoms with Crippen molar-refractivity contribution in [2.24, 2.45) is 17.3 Å². The summed E-state index contributed by atoms with van der Waals surface area (Å²) in [4.78, 5) is 85.3. The van der Waals surface area contributed by atoms with Crippen LogP contribution < -0.4 is 4.74 Å². The molecule has 5 rings (SSSR count). The van der Waals surface area contributed by atoms with E-state index in [-0.39, 0.29) is 71.7 Å². The van der Waals surface area contributed by atoms with Crippen molar-refractivity contribution in [3.63, 3.8) is 0 Å². The van der Waals surface area contributed by atoms with Gasteiger partial charge in [-0.1, -0.05) is 89.4 Å². The van der Waals surface area contributed by atoms with Crippen LogP contribution in [0.3, 0.4) is 0 Å². The molecule has 2 aromatic carbocycles. The maximum absolute atomic E-state index is 15.3. The van der Waals surface area contributed by atoms with E-state index in [2.05, 4.69) is 53.4 Å². The lowest BCUT2D eigenvalue weighted by Gasteiger charge is -2.45. The summed E-state index contributed by atoms with van der Waals surface area (Å²) in [5.41, 5.74) is 2.05. The van der Waals surface area contributed by atoms with Crippen LogP contribution in [0, 0.1) is 24.2 Å². The van der Waals surface area contributed by atoms with E-state index in [1.165, 1.54) is 29.2 Å². The monoisotopic (exact) mass is 1020 g/mol. The third-order valence-electron chi connectivity index (χ3n) is 13.8. The molecular weight excluding hydrogens is 948 g/mol. The number of hydrogen-bond acceptors (Lipinski definition) is 13. The number of ether oxygens (including phenoxy) is 4. The summed E-state index contributed by atoms with van der Waals surface area (Å²) in [6.45, 7) is 24.2. The number of allylic oxidation sites excluding steroid dienone is 2. The number of carbonyl (C=O) groups excluding carboxylic acids is 6. The number of hydrogen-bond donors (Lipinski definition) is 0. The minimum Gasteiger partial charge on any atom is -0.457 e. The molecule has 2 aliphatic heterocycles. The normalized spacial score (nSPS) is 22.6. The van der Waals surface area contributed by atoms with E-state index in [1.807, 2.05) is 32.0 Å². The first-order valence-corrected chi connectivity index (χ1v) is 28.4. The summed E-state index contributed by atoms with van der Waals surface area (Å²) in [5.74, 6) is -2.89. The van der Waals surface area contributed by atoms with Crippen LogP contribution in [0.4, 0.5) is 4.79 Å². The lowest BCUT2D eigenvalue weighted by molar-refractivity contribution is -0.155. The second-order valence-corrected chi connectivity index (χ2v) is 27.1. The molecule has 380 valence electrons. The molecule has 16 heteroatoms. The number of imide groups is 1. The molecule has 1 aromatic heterocycles. The molecule has 0 radical (unpaired) electrons. The highest BCUT2D eigenvalue weighted by Crippen LogP contribution is 2.43. The molecule has 0 N–H and O–H groups in total. The molecule has 2 aliphatic rings. The van der Waals surface area contributed by atoms with Crippen molar-refractivity contribution in [3.8, 4) is 5.75 Å². The lowest BCUT2D eigenvalue weighted by atomic mass is 9.71. The fourth-order valence-corrected chi connectivity index (χ4v) is 11.0. The molecule has 70 heavy (non-hydrogen) atoms. The number of rotatable bonds is 15. The highest BCUT2D eigenvalue weighted by Gasteiger charge is 2.50. The van der Waals surface area contributed by atoms with Crippen molar-refractivity contribution in [3.05, 3.63) is 94.0 Å². The number of halogens is 1. The van der Waals surface area contributed by atoms with Gasteiger partial charge in [0.1, 0.15) is 30.3 Å². The summed E-state index contributed by atoms with van der Waals surface area (Å²) >= 11 is 8.12. The molecule has 0 unspecified atom stereocenters. The predicted octanol–water partition coefficient (Wildman–Crippen LogP) is 12.7. The number of aromatic nitrogens is 1. The first kappa shape index (κ1) is 56.0. The van der Waals surface area contributed by atoms with Crippen molar-refractivity contribution in [1.82, 2.24) is 9.88 Å². The van der Waals surface area contributed by atoms with Crippen LogP contribution in [-0.2, 0) is 49.2 Å². The summed E-state index contributed by atoms with van der Waals surface area (Å²) in [7, 11) is -2.61. The number of ketones is 1. The van der Waals surface area contributed by atoms with Crippen LogP contribution in [0.5, 0.6) is 5.75 Å². The smallest absolute Gasteiger partial charge is 0.457 e. The topological polar surface area (TPSA) is 165 Å². The number of carbonyl (C=O) groups is 6. The van der Waals surface area contributed by atoms with Crippen molar-refractivity contribution < 1.29 is 52.1 Å². The van der Waals surface area contributed by atoms with Crippen molar-refractivity contribution in [2.75, 3.05) is 6.54 Å². The van der Waals surface area contributed by atoms with Crippen LogP contribution in [0.2, 0.25) is 23.2 Å². The summed E-state index contributed by atoms with van der Waals surface area (Å²) < 4.78 is 31.8. The van der Waals surface area contributed by atoms with Crippen molar-refractivity contribution in [2.45, 2.75) is 163 Å². The maximum atomic E-state index is 15.3. The summed E-state index contributed by atoms with van der Waals surface area (Å²) in [5, 5.41) is 0.836. The van der Waals surface area contributed by atoms with Crippen LogP contribution in [0.25, 0.3) is 10.2 Å². The zero-order chi connectivity index (χ0) is 51.6. The number of fused-ring (bicyclic) bond motifs is 1. The Bertz CT molecular complexity index is 2450. The number of benzene rings is 2. The molecule has 0 fully saturated rings. The fourth-order valence-electron chi connectivity index (χ4n) is 8.47. The van der Waals surface area contributed by atoms with E-state index in [0.717, 1.165) is 39.2 Å². The molecule has 0 saturated carbocycles. The van der Waals surface area contributed by atoms with Crippen LogP contribution in [0.1, 0.15) is 135 Å². The lowest BCUT2D eigenvalue weighted by Crippen LogP contribution is -2.53. The summed E-state index contributed by atoms with van der Waals surface area (Å²) in [6, 6.07) is 10.7. The van der Waals surface area contributed by atoms with E-state index >= 15 is 4.79 Å². The Morgan fingerprint density at radius 2 is 1.74 bits per heavy atom. The number of nitrogens with zero attached hydrogens (tertiary/aromatic N) is 2. The maximum Gasteiger partial charge on any atom is 0.508 e. The zero-order valence-corrected chi connectivity index (χ0v) is 45.1. The number of thiazole rings is 1. The molecule has 0 aliphatic carbocycles. The van der Waals surface area contributed by atoms with Gasteiger partial charge in [-0.15, -0.1) is 17.9 Å². The molecule has 0 saturated heterocycles. The molecular formula is C54H71ClN2O11SSi. The van der Waals surface area contributed by atoms with Gasteiger partial charge < -0.3 is 23.4 Å². The third kappa shape index (κ3) is 15.0. The molecule has 2 amide bonds. The van der Waals surface area contributed by atoms with Gasteiger partial charge in [-0.2, -0.15) is 0 Å². The number of amides is 2. The van der Waals surface area contributed by atoms with E-state index in [4.69, 9.17) is 40.0 Å².